The molecule has 0 aliphatic heterocycles. The van der Waals surface area contributed by atoms with E-state index in [2.05, 4.69) is 9.71 Å². The zero-order valence-corrected chi connectivity index (χ0v) is 16.3. The molecule has 0 amide bonds. The third-order valence-corrected chi connectivity index (χ3v) is 6.38. The van der Waals surface area contributed by atoms with Crippen LogP contribution < -0.4 is 4.72 Å². The standard InChI is InChI=1S/C16H17ClFN3O2S2/c1-9(2)14-15(21-8-10(3)24-16(21)20-14)25(22,23)19-7-11-4-5-12(18)6-13(11)17/h4-6,8-9,19H,7H2,1-3H3. The summed E-state index contributed by atoms with van der Waals surface area (Å²) in [5.41, 5.74) is 1.02. The molecule has 0 saturated heterocycles. The largest absolute Gasteiger partial charge is 0.279 e. The highest BCUT2D eigenvalue weighted by molar-refractivity contribution is 7.89. The molecule has 0 aliphatic rings. The number of benzene rings is 1. The highest BCUT2D eigenvalue weighted by Gasteiger charge is 2.27. The normalized spacial score (nSPS) is 12.4. The van der Waals surface area contributed by atoms with Crippen LogP contribution in [0, 0.1) is 12.7 Å². The van der Waals surface area contributed by atoms with Crippen molar-refractivity contribution in [3.05, 3.63) is 51.4 Å². The topological polar surface area (TPSA) is 63.5 Å². The van der Waals surface area contributed by atoms with E-state index >= 15 is 0 Å². The Hall–Kier alpha value is -1.48. The molecule has 0 radical (unpaired) electrons. The minimum atomic E-state index is -3.83. The zero-order chi connectivity index (χ0) is 18.4. The van der Waals surface area contributed by atoms with Gasteiger partial charge in [0.2, 0.25) is 0 Å². The molecule has 0 atom stereocenters. The second-order valence-electron chi connectivity index (χ2n) is 6.01. The number of imidazole rings is 1. The molecule has 2 aromatic heterocycles. The first-order chi connectivity index (χ1) is 11.7. The van der Waals surface area contributed by atoms with Crippen LogP contribution in [-0.4, -0.2) is 17.8 Å². The predicted octanol–water partition coefficient (Wildman–Crippen LogP) is 4.10. The summed E-state index contributed by atoms with van der Waals surface area (Å²) in [6.07, 6.45) is 1.76. The van der Waals surface area contributed by atoms with Gasteiger partial charge in [-0.15, -0.1) is 11.3 Å². The molecular weight excluding hydrogens is 385 g/mol. The fourth-order valence-electron chi connectivity index (χ4n) is 2.50. The summed E-state index contributed by atoms with van der Waals surface area (Å²) in [5, 5.41) is 0.316. The molecule has 2 heterocycles. The molecule has 0 spiro atoms. The molecular formula is C16H17ClFN3O2S2. The number of rotatable bonds is 5. The van der Waals surface area contributed by atoms with Crippen molar-refractivity contribution in [2.75, 3.05) is 0 Å². The van der Waals surface area contributed by atoms with E-state index in [0.29, 0.717) is 16.2 Å². The summed E-state index contributed by atoms with van der Waals surface area (Å²) >= 11 is 7.41. The van der Waals surface area contributed by atoms with E-state index in [9.17, 15) is 12.8 Å². The number of hydrogen-bond acceptors (Lipinski definition) is 4. The van der Waals surface area contributed by atoms with Crippen LogP contribution in [0.1, 0.15) is 35.9 Å². The molecule has 3 aromatic rings. The first-order valence-electron chi connectivity index (χ1n) is 7.61. The Morgan fingerprint density at radius 3 is 2.76 bits per heavy atom. The number of nitrogens with one attached hydrogen (secondary N) is 1. The van der Waals surface area contributed by atoms with Gasteiger partial charge in [-0.05, 0) is 30.5 Å². The van der Waals surface area contributed by atoms with Crippen LogP contribution in [0.15, 0.2) is 29.4 Å². The van der Waals surface area contributed by atoms with E-state index in [4.69, 9.17) is 11.6 Å². The lowest BCUT2D eigenvalue weighted by atomic mass is 10.2. The van der Waals surface area contributed by atoms with Crippen molar-refractivity contribution in [3.63, 3.8) is 0 Å². The van der Waals surface area contributed by atoms with Crippen molar-refractivity contribution in [2.24, 2.45) is 0 Å². The monoisotopic (exact) mass is 401 g/mol. The summed E-state index contributed by atoms with van der Waals surface area (Å²) in [4.78, 5) is 6.08. The summed E-state index contributed by atoms with van der Waals surface area (Å²) in [6, 6.07) is 3.86. The van der Waals surface area contributed by atoms with Gasteiger partial charge in [-0.2, -0.15) is 0 Å². The maximum Gasteiger partial charge on any atom is 0.258 e. The first kappa shape index (κ1) is 18.3. The van der Waals surface area contributed by atoms with E-state index in [0.717, 1.165) is 10.9 Å². The number of halogens is 2. The minimum Gasteiger partial charge on any atom is -0.279 e. The van der Waals surface area contributed by atoms with Gasteiger partial charge in [-0.1, -0.05) is 31.5 Å². The second kappa shape index (κ2) is 6.68. The van der Waals surface area contributed by atoms with Crippen LogP contribution in [0.5, 0.6) is 0 Å². The van der Waals surface area contributed by atoms with Gasteiger partial charge in [0.15, 0.2) is 9.99 Å². The van der Waals surface area contributed by atoms with Crippen molar-refractivity contribution < 1.29 is 12.8 Å². The van der Waals surface area contributed by atoms with E-state index < -0.39 is 15.8 Å². The molecule has 3 rings (SSSR count). The summed E-state index contributed by atoms with van der Waals surface area (Å²) in [5.74, 6) is -0.515. The second-order valence-corrected chi connectivity index (χ2v) is 9.31. The summed E-state index contributed by atoms with van der Waals surface area (Å²) in [7, 11) is -3.83. The Labute approximate surface area is 154 Å². The third kappa shape index (κ3) is 3.57. The number of hydrogen-bond donors (Lipinski definition) is 1. The highest BCUT2D eigenvalue weighted by Crippen LogP contribution is 2.29. The van der Waals surface area contributed by atoms with E-state index in [1.54, 1.807) is 10.6 Å². The average Bonchev–Trinajstić information content (AvgIpc) is 3.02. The lowest BCUT2D eigenvalue weighted by Gasteiger charge is -2.10. The van der Waals surface area contributed by atoms with Crippen molar-refractivity contribution in [2.45, 2.75) is 38.3 Å². The highest BCUT2D eigenvalue weighted by atomic mass is 35.5. The number of thiazole rings is 1. The first-order valence-corrected chi connectivity index (χ1v) is 10.3. The molecule has 0 fully saturated rings. The number of fused-ring (bicyclic) bond motifs is 1. The Kier molecular flexibility index (Phi) is 4.89. The molecule has 134 valence electrons. The van der Waals surface area contributed by atoms with Gasteiger partial charge in [0.25, 0.3) is 10.0 Å². The molecule has 9 heteroatoms. The van der Waals surface area contributed by atoms with Gasteiger partial charge in [-0.3, -0.25) is 4.40 Å². The van der Waals surface area contributed by atoms with Crippen molar-refractivity contribution in [1.29, 1.82) is 0 Å². The van der Waals surface area contributed by atoms with Crippen LogP contribution in [-0.2, 0) is 16.6 Å². The fourth-order valence-corrected chi connectivity index (χ4v) is 5.06. The molecule has 25 heavy (non-hydrogen) atoms. The Balaban J connectivity index is 1.99. The number of sulfonamides is 1. The smallest absolute Gasteiger partial charge is 0.258 e. The van der Waals surface area contributed by atoms with Gasteiger partial charge in [0.1, 0.15) is 5.82 Å². The molecule has 0 aliphatic carbocycles. The lowest BCUT2D eigenvalue weighted by Crippen LogP contribution is -2.25. The van der Waals surface area contributed by atoms with Crippen LogP contribution >= 0.6 is 22.9 Å². The van der Waals surface area contributed by atoms with E-state index in [1.807, 2.05) is 20.8 Å². The predicted molar refractivity (Wildman–Crippen MR) is 97.3 cm³/mol. The number of nitrogens with zero attached hydrogens (tertiary/aromatic N) is 2. The molecule has 1 N–H and O–H groups in total. The lowest BCUT2D eigenvalue weighted by molar-refractivity contribution is 0.572. The fraction of sp³-hybridized carbons (Fsp3) is 0.312. The summed E-state index contributed by atoms with van der Waals surface area (Å²) in [6.45, 7) is 5.66. The van der Waals surface area contributed by atoms with E-state index in [-0.39, 0.29) is 22.5 Å². The Bertz CT molecular complexity index is 1040. The van der Waals surface area contributed by atoms with Crippen LogP contribution in [0.4, 0.5) is 4.39 Å². The molecule has 0 saturated carbocycles. The molecule has 0 bridgehead atoms. The van der Waals surface area contributed by atoms with Gasteiger partial charge in [-0.25, -0.2) is 22.5 Å². The molecule has 1 aromatic carbocycles. The van der Waals surface area contributed by atoms with E-state index in [1.165, 1.54) is 23.5 Å². The quantitative estimate of drug-likeness (QED) is 0.700. The zero-order valence-electron chi connectivity index (χ0n) is 13.9. The number of aromatic nitrogens is 2. The van der Waals surface area contributed by atoms with Crippen LogP contribution in [0.25, 0.3) is 4.96 Å². The maximum atomic E-state index is 13.1. The Morgan fingerprint density at radius 1 is 1.40 bits per heavy atom. The summed E-state index contributed by atoms with van der Waals surface area (Å²) < 4.78 is 43.1. The van der Waals surface area contributed by atoms with Crippen molar-refractivity contribution >= 4 is 37.9 Å². The molecule has 5 nitrogen and oxygen atoms in total. The third-order valence-electron chi connectivity index (χ3n) is 3.69. The van der Waals surface area contributed by atoms with Crippen molar-refractivity contribution in [1.82, 2.24) is 14.1 Å². The van der Waals surface area contributed by atoms with Crippen molar-refractivity contribution in [3.8, 4) is 0 Å². The van der Waals surface area contributed by atoms with Crippen LogP contribution in [0.2, 0.25) is 5.02 Å². The van der Waals surface area contributed by atoms with Gasteiger partial charge in [0, 0.05) is 22.6 Å². The average molecular weight is 402 g/mol. The Morgan fingerprint density at radius 2 is 2.12 bits per heavy atom. The van der Waals surface area contributed by atoms with Gasteiger partial charge in [0.05, 0.1) is 5.69 Å². The van der Waals surface area contributed by atoms with Gasteiger partial charge < -0.3 is 0 Å². The SMILES string of the molecule is Cc1cn2c(S(=O)(=O)NCc3ccc(F)cc3Cl)c(C(C)C)nc2s1. The number of aryl methyl sites for hydroxylation is 1. The van der Waals surface area contributed by atoms with Gasteiger partial charge >= 0.3 is 0 Å². The molecule has 0 unspecified atom stereocenters. The van der Waals surface area contributed by atoms with Crippen LogP contribution in [0.3, 0.4) is 0 Å². The minimum absolute atomic E-state index is 0.0324. The maximum absolute atomic E-state index is 13.1.